The van der Waals surface area contributed by atoms with E-state index in [9.17, 15) is 13.2 Å². The fourth-order valence-electron chi connectivity index (χ4n) is 1.31. The van der Waals surface area contributed by atoms with Crippen LogP contribution in [0.15, 0.2) is 30.3 Å². The van der Waals surface area contributed by atoms with Crippen LogP contribution >= 0.6 is 0 Å². The maximum atomic E-state index is 11.5. The lowest BCUT2D eigenvalue weighted by Gasteiger charge is -2.10. The Morgan fingerprint density at radius 2 is 2.00 bits per heavy atom. The van der Waals surface area contributed by atoms with Gasteiger partial charge in [-0.2, -0.15) is 0 Å². The number of aliphatic carboxylic acids is 1. The second kappa shape index (κ2) is 7.22. The highest BCUT2D eigenvalue weighted by atomic mass is 32.2. The third-order valence-electron chi connectivity index (χ3n) is 2.33. The molecule has 7 heteroatoms. The summed E-state index contributed by atoms with van der Waals surface area (Å²) >= 11 is 0. The lowest BCUT2D eigenvalue weighted by molar-refractivity contribution is -0.138. The summed E-state index contributed by atoms with van der Waals surface area (Å²) in [5.41, 5.74) is 0.951. The van der Waals surface area contributed by atoms with Crippen molar-refractivity contribution in [1.82, 2.24) is 4.72 Å². The molecule has 0 amide bonds. The van der Waals surface area contributed by atoms with E-state index in [1.807, 2.05) is 35.1 Å². The first-order valence-corrected chi connectivity index (χ1v) is 7.40. The van der Waals surface area contributed by atoms with E-state index in [2.05, 4.69) is 0 Å². The van der Waals surface area contributed by atoms with Gasteiger partial charge in [-0.3, -0.25) is 4.79 Å². The highest BCUT2D eigenvalue weighted by Crippen LogP contribution is 2.00. The van der Waals surface area contributed by atoms with E-state index < -0.39 is 22.0 Å². The summed E-state index contributed by atoms with van der Waals surface area (Å²) in [5.74, 6) is -1.48. The molecule has 0 spiro atoms. The maximum absolute atomic E-state index is 11.5. The summed E-state index contributed by atoms with van der Waals surface area (Å²) in [6.07, 6.45) is 0. The molecule has 0 radical (unpaired) electrons. The zero-order valence-corrected chi connectivity index (χ0v) is 11.4. The van der Waals surface area contributed by atoms with Crippen LogP contribution in [0.2, 0.25) is 0 Å². The molecule has 0 saturated heterocycles. The molecule has 0 aliphatic rings. The van der Waals surface area contributed by atoms with Crippen molar-refractivity contribution in [2.45, 2.75) is 19.6 Å². The highest BCUT2D eigenvalue weighted by molar-refractivity contribution is 7.89. The normalized spacial score (nSPS) is 13.1. The smallest absolute Gasteiger partial charge is 0.321 e. The Morgan fingerprint density at radius 3 is 2.58 bits per heavy atom. The lowest BCUT2D eigenvalue weighted by atomic mass is 10.2. The molecule has 1 aromatic carbocycles. The number of rotatable bonds is 8. The van der Waals surface area contributed by atoms with Crippen LogP contribution < -0.4 is 4.72 Å². The second-order valence-corrected chi connectivity index (χ2v) is 5.91. The van der Waals surface area contributed by atoms with Gasteiger partial charge in [0.2, 0.25) is 10.0 Å². The Bertz CT molecular complexity index is 500. The van der Waals surface area contributed by atoms with Gasteiger partial charge in [0.1, 0.15) is 6.04 Å². The molecule has 19 heavy (non-hydrogen) atoms. The monoisotopic (exact) mass is 287 g/mol. The van der Waals surface area contributed by atoms with Gasteiger partial charge >= 0.3 is 5.97 Å². The highest BCUT2D eigenvalue weighted by Gasteiger charge is 2.18. The molecule has 0 bridgehead atoms. The minimum absolute atomic E-state index is 0.0105. The number of benzene rings is 1. The molecular formula is C12H17NO5S. The van der Waals surface area contributed by atoms with Crippen LogP contribution in [0.4, 0.5) is 0 Å². The van der Waals surface area contributed by atoms with Gasteiger partial charge < -0.3 is 9.84 Å². The van der Waals surface area contributed by atoms with Gasteiger partial charge in [-0.1, -0.05) is 30.3 Å². The molecule has 0 aromatic heterocycles. The Balaban J connectivity index is 2.30. The Morgan fingerprint density at radius 1 is 1.37 bits per heavy atom. The van der Waals surface area contributed by atoms with Gasteiger partial charge in [-0.05, 0) is 12.5 Å². The van der Waals surface area contributed by atoms with Gasteiger partial charge in [0.25, 0.3) is 0 Å². The molecular weight excluding hydrogens is 270 g/mol. The molecule has 1 rings (SSSR count). The Kier molecular flexibility index (Phi) is 5.94. The van der Waals surface area contributed by atoms with E-state index in [4.69, 9.17) is 9.84 Å². The third kappa shape index (κ3) is 6.32. The summed E-state index contributed by atoms with van der Waals surface area (Å²) in [7, 11) is -3.64. The number of hydrogen-bond donors (Lipinski definition) is 2. The first-order chi connectivity index (χ1) is 8.91. The quantitative estimate of drug-likeness (QED) is 0.683. The van der Waals surface area contributed by atoms with E-state index >= 15 is 0 Å². The number of carboxylic acid groups (broad SMARTS) is 1. The topological polar surface area (TPSA) is 92.7 Å². The Labute approximate surface area is 112 Å². The molecule has 1 unspecified atom stereocenters. The average Bonchev–Trinajstić information content (AvgIpc) is 2.35. The first kappa shape index (κ1) is 15.6. The number of hydrogen-bond acceptors (Lipinski definition) is 4. The van der Waals surface area contributed by atoms with Crippen molar-refractivity contribution in [1.29, 1.82) is 0 Å². The zero-order chi connectivity index (χ0) is 14.3. The van der Waals surface area contributed by atoms with Gasteiger partial charge in [0.15, 0.2) is 0 Å². The van der Waals surface area contributed by atoms with Crippen molar-refractivity contribution < 1.29 is 23.1 Å². The molecule has 0 aliphatic heterocycles. The number of sulfonamides is 1. The van der Waals surface area contributed by atoms with Crippen molar-refractivity contribution in [3.8, 4) is 0 Å². The average molecular weight is 287 g/mol. The SMILES string of the molecule is CC(NS(=O)(=O)CCOCc1ccccc1)C(=O)O. The second-order valence-electron chi connectivity index (χ2n) is 4.03. The van der Waals surface area contributed by atoms with Crippen molar-refractivity contribution in [2.24, 2.45) is 0 Å². The maximum Gasteiger partial charge on any atom is 0.321 e. The van der Waals surface area contributed by atoms with Gasteiger partial charge in [-0.15, -0.1) is 0 Å². The van der Waals surface area contributed by atoms with Crippen molar-refractivity contribution in [2.75, 3.05) is 12.4 Å². The standard InChI is InChI=1S/C12H17NO5S/c1-10(12(14)15)13-19(16,17)8-7-18-9-11-5-3-2-4-6-11/h2-6,10,13H,7-9H2,1H3,(H,14,15). The van der Waals surface area contributed by atoms with Crippen LogP contribution in [0.5, 0.6) is 0 Å². The van der Waals surface area contributed by atoms with Crippen LogP contribution in [0, 0.1) is 0 Å². The Hall–Kier alpha value is -1.44. The van der Waals surface area contributed by atoms with Gasteiger partial charge in [-0.25, -0.2) is 13.1 Å². The zero-order valence-electron chi connectivity index (χ0n) is 10.6. The van der Waals surface area contributed by atoms with Crippen LogP contribution in [-0.4, -0.2) is 37.9 Å². The summed E-state index contributed by atoms with van der Waals surface area (Å²) in [4.78, 5) is 10.5. The molecule has 0 fully saturated rings. The fraction of sp³-hybridized carbons (Fsp3) is 0.417. The van der Waals surface area contributed by atoms with Gasteiger partial charge in [0.05, 0.1) is 19.0 Å². The molecule has 6 nitrogen and oxygen atoms in total. The van der Waals surface area contributed by atoms with Crippen molar-refractivity contribution in [3.63, 3.8) is 0 Å². The molecule has 106 valence electrons. The third-order valence-corrected chi connectivity index (χ3v) is 3.75. The van der Waals surface area contributed by atoms with E-state index in [-0.39, 0.29) is 12.4 Å². The summed E-state index contributed by atoms with van der Waals surface area (Å²) < 4.78 is 30.3. The lowest BCUT2D eigenvalue weighted by Crippen LogP contribution is -2.40. The molecule has 1 atom stereocenters. The van der Waals surface area contributed by atoms with Crippen LogP contribution in [0.1, 0.15) is 12.5 Å². The predicted molar refractivity (Wildman–Crippen MR) is 70.1 cm³/mol. The molecule has 0 saturated carbocycles. The van der Waals surface area contributed by atoms with Crippen LogP contribution in [0.25, 0.3) is 0 Å². The number of carbonyl (C=O) groups is 1. The molecule has 1 aromatic rings. The number of nitrogens with one attached hydrogen (secondary N) is 1. The summed E-state index contributed by atoms with van der Waals surface area (Å²) in [6.45, 7) is 1.60. The van der Waals surface area contributed by atoms with Crippen molar-refractivity contribution >= 4 is 16.0 Å². The summed E-state index contributed by atoms with van der Waals surface area (Å²) in [5, 5.41) is 8.61. The van der Waals surface area contributed by atoms with E-state index in [1.165, 1.54) is 6.92 Å². The first-order valence-electron chi connectivity index (χ1n) is 5.75. The summed E-state index contributed by atoms with van der Waals surface area (Å²) in [6, 6.07) is 8.22. The van der Waals surface area contributed by atoms with Crippen molar-refractivity contribution in [3.05, 3.63) is 35.9 Å². The van der Waals surface area contributed by atoms with Crippen LogP contribution in [0.3, 0.4) is 0 Å². The number of carboxylic acids is 1. The molecule has 0 heterocycles. The van der Waals surface area contributed by atoms with Gasteiger partial charge in [0, 0.05) is 0 Å². The van der Waals surface area contributed by atoms with E-state index in [0.717, 1.165) is 5.56 Å². The molecule has 2 N–H and O–H groups in total. The van der Waals surface area contributed by atoms with E-state index in [0.29, 0.717) is 6.61 Å². The minimum Gasteiger partial charge on any atom is -0.480 e. The van der Waals surface area contributed by atoms with Crippen LogP contribution in [-0.2, 0) is 26.2 Å². The largest absolute Gasteiger partial charge is 0.480 e. The minimum atomic E-state index is -3.64. The molecule has 0 aliphatic carbocycles. The predicted octanol–water partition coefficient (Wildman–Crippen LogP) is 0.596. The van der Waals surface area contributed by atoms with E-state index in [1.54, 1.807) is 0 Å². The number of ether oxygens (including phenoxy) is 1. The fourth-order valence-corrected chi connectivity index (χ4v) is 2.41.